The van der Waals surface area contributed by atoms with Crippen molar-refractivity contribution in [2.24, 2.45) is 18.2 Å². The van der Waals surface area contributed by atoms with Crippen molar-refractivity contribution in [1.29, 1.82) is 0 Å². The van der Waals surface area contributed by atoms with Crippen LogP contribution in [-0.2, 0) is 7.05 Å². The quantitative estimate of drug-likeness (QED) is 0.831. The van der Waals surface area contributed by atoms with Crippen LogP contribution >= 0.6 is 11.8 Å². The molecule has 3 N–H and O–H groups in total. The van der Waals surface area contributed by atoms with E-state index in [-0.39, 0.29) is 17.1 Å². The van der Waals surface area contributed by atoms with E-state index in [9.17, 15) is 4.79 Å². The number of nitrogens with zero attached hydrogens (tertiary/aromatic N) is 2. The summed E-state index contributed by atoms with van der Waals surface area (Å²) in [5, 5.41) is 7.55. The van der Waals surface area contributed by atoms with Gasteiger partial charge in [0.2, 0.25) is 0 Å². The Morgan fingerprint density at radius 2 is 2.29 bits per heavy atom. The minimum absolute atomic E-state index is 0.146. The van der Waals surface area contributed by atoms with Gasteiger partial charge in [0.25, 0.3) is 0 Å². The molecule has 0 aliphatic heterocycles. The molecule has 5 nitrogen and oxygen atoms in total. The Balaban J connectivity index is 2.14. The lowest BCUT2D eigenvalue weighted by Gasteiger charge is -2.41. The average molecular weight is 256 g/mol. The van der Waals surface area contributed by atoms with E-state index in [2.05, 4.69) is 24.0 Å². The monoisotopic (exact) mass is 256 g/mol. The summed E-state index contributed by atoms with van der Waals surface area (Å²) in [6, 6.07) is 0.146. The zero-order chi connectivity index (χ0) is 12.6. The largest absolute Gasteiger partial charge is 0.343 e. The molecular weight excluding hydrogens is 236 g/mol. The molecule has 2 rings (SSSR count). The fraction of sp³-hybridized carbons (Fsp3) is 0.818. The molecule has 0 aromatic carbocycles. The van der Waals surface area contributed by atoms with Crippen LogP contribution in [0.4, 0.5) is 0 Å². The van der Waals surface area contributed by atoms with Crippen molar-refractivity contribution < 1.29 is 0 Å². The summed E-state index contributed by atoms with van der Waals surface area (Å²) in [4.78, 5) is 11.3. The van der Waals surface area contributed by atoms with Gasteiger partial charge in [-0.2, -0.15) is 0 Å². The van der Waals surface area contributed by atoms with E-state index in [4.69, 9.17) is 5.73 Å². The third-order valence-corrected chi connectivity index (χ3v) is 5.12. The lowest BCUT2D eigenvalue weighted by atomic mass is 9.73. The molecule has 1 aliphatic rings. The fourth-order valence-electron chi connectivity index (χ4n) is 2.31. The van der Waals surface area contributed by atoms with Gasteiger partial charge < -0.3 is 5.73 Å². The second-order valence-corrected chi connectivity index (χ2v) is 6.64. The van der Waals surface area contributed by atoms with Gasteiger partial charge in [-0.25, -0.2) is 9.89 Å². The van der Waals surface area contributed by atoms with Gasteiger partial charge in [0.15, 0.2) is 5.16 Å². The molecule has 0 spiro atoms. The summed E-state index contributed by atoms with van der Waals surface area (Å²) < 4.78 is 1.54. The van der Waals surface area contributed by atoms with Crippen LogP contribution < -0.4 is 11.4 Å². The lowest BCUT2D eigenvalue weighted by molar-refractivity contribution is 0.208. The van der Waals surface area contributed by atoms with Crippen LogP contribution in [0.2, 0.25) is 0 Å². The zero-order valence-corrected chi connectivity index (χ0v) is 11.4. The Morgan fingerprint density at radius 1 is 1.59 bits per heavy atom. The number of H-pyrrole nitrogens is 1. The minimum Gasteiger partial charge on any atom is -0.326 e. The van der Waals surface area contributed by atoms with Gasteiger partial charge in [0.05, 0.1) is 0 Å². The standard InChI is InChI=1S/C11H20N4OS/c1-11(2)6-4-5-7(8(11)12)17-10-14-13-9(16)15(10)3/h7-8H,4-6,12H2,1-3H3,(H,13,16). The van der Waals surface area contributed by atoms with Crippen LogP contribution in [-0.4, -0.2) is 26.1 Å². The number of aromatic nitrogens is 3. The molecule has 0 saturated heterocycles. The number of hydrogen-bond acceptors (Lipinski definition) is 4. The summed E-state index contributed by atoms with van der Waals surface area (Å²) in [6.07, 6.45) is 3.46. The SMILES string of the molecule is Cn1c(SC2CCCC(C)(C)C2N)n[nH]c1=O. The van der Waals surface area contributed by atoms with E-state index >= 15 is 0 Å². The van der Waals surface area contributed by atoms with Crippen molar-refractivity contribution in [2.45, 2.75) is 49.6 Å². The first-order valence-corrected chi connectivity index (χ1v) is 6.83. The van der Waals surface area contributed by atoms with Gasteiger partial charge in [-0.1, -0.05) is 32.0 Å². The molecule has 0 radical (unpaired) electrons. The van der Waals surface area contributed by atoms with Gasteiger partial charge in [-0.05, 0) is 18.3 Å². The van der Waals surface area contributed by atoms with Crippen LogP contribution in [0.25, 0.3) is 0 Å². The first kappa shape index (κ1) is 12.7. The van der Waals surface area contributed by atoms with Crippen LogP contribution in [0.1, 0.15) is 33.1 Å². The van der Waals surface area contributed by atoms with E-state index in [0.29, 0.717) is 5.25 Å². The first-order chi connectivity index (χ1) is 7.92. The summed E-state index contributed by atoms with van der Waals surface area (Å²) in [6.45, 7) is 4.43. The minimum atomic E-state index is -0.170. The highest BCUT2D eigenvalue weighted by atomic mass is 32.2. The van der Waals surface area contributed by atoms with E-state index in [0.717, 1.165) is 11.6 Å². The average Bonchev–Trinajstić information content (AvgIpc) is 2.56. The Bertz CT molecular complexity index is 451. The van der Waals surface area contributed by atoms with Crippen LogP contribution in [0.3, 0.4) is 0 Å². The predicted octanol–water partition coefficient (Wildman–Crippen LogP) is 1.11. The second-order valence-electron chi connectivity index (χ2n) is 5.43. The highest BCUT2D eigenvalue weighted by Crippen LogP contribution is 2.40. The Labute approximate surface area is 105 Å². The molecule has 1 aromatic heterocycles. The zero-order valence-electron chi connectivity index (χ0n) is 10.6. The summed E-state index contributed by atoms with van der Waals surface area (Å²) in [5.74, 6) is 0. The Kier molecular flexibility index (Phi) is 3.36. The number of nitrogens with two attached hydrogens (primary N) is 1. The van der Waals surface area contributed by atoms with E-state index in [1.54, 1.807) is 23.4 Å². The Morgan fingerprint density at radius 3 is 2.88 bits per heavy atom. The van der Waals surface area contributed by atoms with Crippen LogP contribution in [0, 0.1) is 5.41 Å². The van der Waals surface area contributed by atoms with Crippen molar-refractivity contribution in [1.82, 2.24) is 14.8 Å². The normalized spacial score (nSPS) is 28.2. The third-order valence-electron chi connectivity index (χ3n) is 3.71. The smallest absolute Gasteiger partial charge is 0.326 e. The van der Waals surface area contributed by atoms with Gasteiger partial charge in [0, 0.05) is 18.3 Å². The molecular formula is C11H20N4OS. The molecule has 1 aromatic rings. The molecule has 17 heavy (non-hydrogen) atoms. The first-order valence-electron chi connectivity index (χ1n) is 5.95. The molecule has 0 bridgehead atoms. The van der Waals surface area contributed by atoms with E-state index < -0.39 is 0 Å². The molecule has 2 unspecified atom stereocenters. The lowest BCUT2D eigenvalue weighted by Crippen LogP contribution is -2.48. The highest BCUT2D eigenvalue weighted by molar-refractivity contribution is 7.99. The van der Waals surface area contributed by atoms with Crippen molar-refractivity contribution in [3.8, 4) is 0 Å². The Hall–Kier alpha value is -0.750. The number of hydrogen-bond donors (Lipinski definition) is 2. The molecule has 1 heterocycles. The topological polar surface area (TPSA) is 76.7 Å². The molecule has 2 atom stereocenters. The summed E-state index contributed by atoms with van der Waals surface area (Å²) in [7, 11) is 1.73. The molecule has 1 saturated carbocycles. The number of aromatic amines is 1. The van der Waals surface area contributed by atoms with Crippen molar-refractivity contribution in [3.63, 3.8) is 0 Å². The van der Waals surface area contributed by atoms with E-state index in [1.165, 1.54) is 12.8 Å². The molecule has 1 aliphatic carbocycles. The van der Waals surface area contributed by atoms with Gasteiger partial charge in [-0.3, -0.25) is 4.57 Å². The molecule has 1 fully saturated rings. The summed E-state index contributed by atoms with van der Waals surface area (Å²) in [5.41, 5.74) is 6.32. The number of thioether (sulfide) groups is 1. The maximum Gasteiger partial charge on any atom is 0.343 e. The van der Waals surface area contributed by atoms with E-state index in [1.807, 2.05) is 0 Å². The van der Waals surface area contributed by atoms with Crippen LogP contribution in [0.5, 0.6) is 0 Å². The highest BCUT2D eigenvalue weighted by Gasteiger charge is 2.37. The fourth-order valence-corrected chi connectivity index (χ4v) is 3.72. The maximum absolute atomic E-state index is 11.3. The second kappa shape index (κ2) is 4.49. The predicted molar refractivity (Wildman–Crippen MR) is 69.1 cm³/mol. The number of rotatable bonds is 2. The molecule has 6 heteroatoms. The van der Waals surface area contributed by atoms with Gasteiger partial charge >= 0.3 is 5.69 Å². The number of nitrogens with one attached hydrogen (secondary N) is 1. The van der Waals surface area contributed by atoms with Gasteiger partial charge in [-0.15, -0.1) is 5.10 Å². The van der Waals surface area contributed by atoms with Crippen molar-refractivity contribution in [2.75, 3.05) is 0 Å². The van der Waals surface area contributed by atoms with Crippen molar-refractivity contribution in [3.05, 3.63) is 10.5 Å². The van der Waals surface area contributed by atoms with Crippen LogP contribution in [0.15, 0.2) is 9.95 Å². The molecule has 0 amide bonds. The molecule has 96 valence electrons. The maximum atomic E-state index is 11.3. The van der Waals surface area contributed by atoms with Gasteiger partial charge in [0.1, 0.15) is 0 Å². The van der Waals surface area contributed by atoms with Crippen molar-refractivity contribution >= 4 is 11.8 Å². The third kappa shape index (κ3) is 2.42. The summed E-state index contributed by atoms with van der Waals surface area (Å²) >= 11 is 1.62.